The van der Waals surface area contributed by atoms with E-state index in [0.29, 0.717) is 5.69 Å². The summed E-state index contributed by atoms with van der Waals surface area (Å²) < 4.78 is 0. The number of carboxylic acids is 1. The molecule has 4 N–H and O–H groups in total. The fourth-order valence-electron chi connectivity index (χ4n) is 1.79. The molecule has 0 aliphatic rings. The van der Waals surface area contributed by atoms with E-state index in [1.807, 2.05) is 13.8 Å². The molecule has 1 aromatic carbocycles. The summed E-state index contributed by atoms with van der Waals surface area (Å²) in [4.78, 5) is 21.7. The van der Waals surface area contributed by atoms with Gasteiger partial charge in [-0.1, -0.05) is 32.0 Å². The highest BCUT2D eigenvalue weighted by Crippen LogP contribution is 2.32. The van der Waals surface area contributed by atoms with Crippen LogP contribution in [0.25, 0.3) is 0 Å². The van der Waals surface area contributed by atoms with Crippen molar-refractivity contribution in [3.63, 3.8) is 0 Å². The molecule has 0 heterocycles. The number of amides is 2. The smallest absolute Gasteiger partial charge is 0.316 e. The third-order valence-corrected chi connectivity index (χ3v) is 2.51. The standard InChI is InChI=1S/C12H16N2O3/c1-12(2,7-10(15)16)8-5-3-4-6-9(8)14-11(13)17/h3-6H,7H2,1-2H3,(H,15,16)(H3,13,14,17). The van der Waals surface area contributed by atoms with E-state index in [9.17, 15) is 9.59 Å². The van der Waals surface area contributed by atoms with Crippen molar-refractivity contribution in [1.82, 2.24) is 0 Å². The van der Waals surface area contributed by atoms with Gasteiger partial charge in [0.05, 0.1) is 6.42 Å². The minimum atomic E-state index is -0.885. The van der Waals surface area contributed by atoms with Gasteiger partial charge in [-0.15, -0.1) is 0 Å². The zero-order valence-corrected chi connectivity index (χ0v) is 9.86. The van der Waals surface area contributed by atoms with Crippen molar-refractivity contribution in [1.29, 1.82) is 0 Å². The molecule has 0 fully saturated rings. The molecule has 0 spiro atoms. The number of aliphatic carboxylic acids is 1. The number of rotatable bonds is 4. The van der Waals surface area contributed by atoms with Crippen LogP contribution in [0.5, 0.6) is 0 Å². The lowest BCUT2D eigenvalue weighted by atomic mass is 9.80. The van der Waals surface area contributed by atoms with Gasteiger partial charge in [0.2, 0.25) is 0 Å². The molecule has 0 bridgehead atoms. The average molecular weight is 236 g/mol. The minimum absolute atomic E-state index is 0.0234. The van der Waals surface area contributed by atoms with Gasteiger partial charge < -0.3 is 16.2 Å². The Labute approximate surface area is 99.6 Å². The Morgan fingerprint density at radius 3 is 2.47 bits per heavy atom. The lowest BCUT2D eigenvalue weighted by molar-refractivity contribution is -0.138. The van der Waals surface area contributed by atoms with Crippen LogP contribution in [-0.2, 0) is 10.2 Å². The Bertz CT molecular complexity index is 441. The Morgan fingerprint density at radius 2 is 1.94 bits per heavy atom. The van der Waals surface area contributed by atoms with Crippen molar-refractivity contribution in [2.24, 2.45) is 5.73 Å². The molecular weight excluding hydrogens is 220 g/mol. The van der Waals surface area contributed by atoms with Crippen LogP contribution in [0, 0.1) is 0 Å². The molecule has 2 amide bonds. The molecule has 0 atom stereocenters. The lowest BCUT2D eigenvalue weighted by Gasteiger charge is -2.25. The van der Waals surface area contributed by atoms with Crippen molar-refractivity contribution in [3.05, 3.63) is 29.8 Å². The number of para-hydroxylation sites is 1. The van der Waals surface area contributed by atoms with Crippen molar-refractivity contribution in [2.75, 3.05) is 5.32 Å². The van der Waals surface area contributed by atoms with Crippen molar-refractivity contribution >= 4 is 17.7 Å². The quantitative estimate of drug-likeness (QED) is 0.745. The first-order valence-electron chi connectivity index (χ1n) is 5.20. The number of carboxylic acid groups (broad SMARTS) is 1. The molecule has 5 nitrogen and oxygen atoms in total. The number of nitrogens with two attached hydrogens (primary N) is 1. The summed E-state index contributed by atoms with van der Waals surface area (Å²) >= 11 is 0. The summed E-state index contributed by atoms with van der Waals surface area (Å²) in [5, 5.41) is 11.4. The second-order valence-electron chi connectivity index (χ2n) is 4.49. The highest BCUT2D eigenvalue weighted by molar-refractivity contribution is 5.89. The van der Waals surface area contributed by atoms with Crippen molar-refractivity contribution in [2.45, 2.75) is 25.7 Å². The molecule has 0 aliphatic heterocycles. The number of anilines is 1. The molecule has 5 heteroatoms. The predicted octanol–water partition coefficient (Wildman–Crippen LogP) is 1.93. The molecule has 17 heavy (non-hydrogen) atoms. The largest absolute Gasteiger partial charge is 0.481 e. The number of hydrogen-bond donors (Lipinski definition) is 3. The lowest BCUT2D eigenvalue weighted by Crippen LogP contribution is -2.26. The fourth-order valence-corrected chi connectivity index (χ4v) is 1.79. The van der Waals surface area contributed by atoms with Gasteiger partial charge in [-0.05, 0) is 11.6 Å². The second kappa shape index (κ2) is 4.86. The van der Waals surface area contributed by atoms with Gasteiger partial charge in [-0.3, -0.25) is 4.79 Å². The fraction of sp³-hybridized carbons (Fsp3) is 0.333. The number of carbonyl (C=O) groups is 2. The number of carbonyl (C=O) groups excluding carboxylic acids is 1. The third kappa shape index (κ3) is 3.48. The van der Waals surface area contributed by atoms with Crippen LogP contribution in [-0.4, -0.2) is 17.1 Å². The van der Waals surface area contributed by atoms with Gasteiger partial charge in [-0.2, -0.15) is 0 Å². The number of urea groups is 1. The molecule has 1 rings (SSSR count). The molecule has 92 valence electrons. The summed E-state index contributed by atoms with van der Waals surface area (Å²) in [7, 11) is 0. The molecule has 0 radical (unpaired) electrons. The van der Waals surface area contributed by atoms with E-state index in [2.05, 4.69) is 5.32 Å². The highest BCUT2D eigenvalue weighted by Gasteiger charge is 2.26. The van der Waals surface area contributed by atoms with Crippen molar-refractivity contribution < 1.29 is 14.7 Å². The third-order valence-electron chi connectivity index (χ3n) is 2.51. The van der Waals surface area contributed by atoms with Gasteiger partial charge in [0, 0.05) is 11.1 Å². The zero-order valence-electron chi connectivity index (χ0n) is 9.86. The van der Waals surface area contributed by atoms with Crippen LogP contribution in [0.1, 0.15) is 25.8 Å². The Kier molecular flexibility index (Phi) is 3.73. The van der Waals surface area contributed by atoms with Crippen LogP contribution < -0.4 is 11.1 Å². The van der Waals surface area contributed by atoms with Gasteiger partial charge in [0.25, 0.3) is 0 Å². The van der Waals surface area contributed by atoms with Gasteiger partial charge in [0.1, 0.15) is 0 Å². The normalized spacial score (nSPS) is 10.9. The Hall–Kier alpha value is -2.04. The first-order chi connectivity index (χ1) is 7.83. The SMILES string of the molecule is CC(C)(CC(=O)O)c1ccccc1NC(N)=O. The van der Waals surface area contributed by atoms with E-state index in [4.69, 9.17) is 10.8 Å². The first-order valence-corrected chi connectivity index (χ1v) is 5.20. The summed E-state index contributed by atoms with van der Waals surface area (Å²) in [5.74, 6) is -0.885. The second-order valence-corrected chi connectivity index (χ2v) is 4.49. The van der Waals surface area contributed by atoms with Crippen LogP contribution >= 0.6 is 0 Å². The predicted molar refractivity (Wildman–Crippen MR) is 64.9 cm³/mol. The molecule has 1 aromatic rings. The average Bonchev–Trinajstić information content (AvgIpc) is 2.15. The van der Waals surface area contributed by atoms with E-state index < -0.39 is 17.4 Å². The Balaban J connectivity index is 3.11. The summed E-state index contributed by atoms with van der Waals surface area (Å²) in [6.07, 6.45) is -0.0234. The Morgan fingerprint density at radius 1 is 1.35 bits per heavy atom. The maximum absolute atomic E-state index is 10.9. The van der Waals surface area contributed by atoms with E-state index in [-0.39, 0.29) is 6.42 Å². The summed E-state index contributed by atoms with van der Waals surface area (Å²) in [5.41, 5.74) is 5.79. The van der Waals surface area contributed by atoms with Crippen LogP contribution in [0.2, 0.25) is 0 Å². The molecule has 0 unspecified atom stereocenters. The first kappa shape index (κ1) is 13.0. The van der Waals surface area contributed by atoms with Crippen LogP contribution in [0.4, 0.5) is 10.5 Å². The number of benzene rings is 1. The van der Waals surface area contributed by atoms with Crippen LogP contribution in [0.3, 0.4) is 0 Å². The number of hydrogen-bond acceptors (Lipinski definition) is 2. The van der Waals surface area contributed by atoms with E-state index in [0.717, 1.165) is 5.56 Å². The number of primary amides is 1. The molecule has 0 aromatic heterocycles. The maximum Gasteiger partial charge on any atom is 0.316 e. The maximum atomic E-state index is 10.9. The molecule has 0 saturated heterocycles. The topological polar surface area (TPSA) is 92.4 Å². The van der Waals surface area contributed by atoms with E-state index >= 15 is 0 Å². The molecular formula is C12H16N2O3. The van der Waals surface area contributed by atoms with Gasteiger partial charge >= 0.3 is 12.0 Å². The highest BCUT2D eigenvalue weighted by atomic mass is 16.4. The van der Waals surface area contributed by atoms with Gasteiger partial charge in [0.15, 0.2) is 0 Å². The van der Waals surface area contributed by atoms with Crippen LogP contribution in [0.15, 0.2) is 24.3 Å². The zero-order chi connectivity index (χ0) is 13.1. The monoisotopic (exact) mass is 236 g/mol. The summed E-state index contributed by atoms with van der Waals surface area (Å²) in [6, 6.07) is 6.37. The van der Waals surface area contributed by atoms with E-state index in [1.165, 1.54) is 0 Å². The minimum Gasteiger partial charge on any atom is -0.481 e. The van der Waals surface area contributed by atoms with Gasteiger partial charge in [-0.25, -0.2) is 4.79 Å². The van der Waals surface area contributed by atoms with E-state index in [1.54, 1.807) is 24.3 Å². The molecule has 0 saturated carbocycles. The van der Waals surface area contributed by atoms with Crippen molar-refractivity contribution in [3.8, 4) is 0 Å². The summed E-state index contributed by atoms with van der Waals surface area (Å²) in [6.45, 7) is 3.62. The number of nitrogens with one attached hydrogen (secondary N) is 1. The molecule has 0 aliphatic carbocycles.